The third kappa shape index (κ3) is 3.61. The number of anilines is 3. The molecule has 0 spiro atoms. The monoisotopic (exact) mass is 257 g/mol. The molecule has 0 unspecified atom stereocenters. The number of pyridine rings is 1. The van der Waals surface area contributed by atoms with Gasteiger partial charge < -0.3 is 15.8 Å². The van der Waals surface area contributed by atoms with Gasteiger partial charge in [0, 0.05) is 5.69 Å². The van der Waals surface area contributed by atoms with E-state index in [9.17, 15) is 0 Å². The van der Waals surface area contributed by atoms with Gasteiger partial charge in [-0.3, -0.25) is 0 Å². The second-order valence-electron chi connectivity index (χ2n) is 4.37. The molecule has 4 nitrogen and oxygen atoms in total. The van der Waals surface area contributed by atoms with Gasteiger partial charge in [-0.2, -0.15) is 0 Å². The summed E-state index contributed by atoms with van der Waals surface area (Å²) in [4.78, 5) is 4.37. The zero-order valence-electron chi connectivity index (χ0n) is 11.3. The number of aromatic nitrogens is 1. The van der Waals surface area contributed by atoms with Gasteiger partial charge in [0.1, 0.15) is 11.6 Å². The van der Waals surface area contributed by atoms with Crippen molar-refractivity contribution in [3.05, 3.63) is 42.1 Å². The summed E-state index contributed by atoms with van der Waals surface area (Å²) in [6, 6.07) is 11.5. The maximum Gasteiger partial charge on any atom is 0.130 e. The Labute approximate surface area is 113 Å². The zero-order chi connectivity index (χ0) is 13.7. The first-order valence-corrected chi connectivity index (χ1v) is 6.42. The number of hydrogen-bond acceptors (Lipinski definition) is 4. The smallest absolute Gasteiger partial charge is 0.130 e. The van der Waals surface area contributed by atoms with Crippen LogP contribution in [0.1, 0.15) is 19.0 Å². The number of rotatable bonds is 5. The van der Waals surface area contributed by atoms with Crippen molar-refractivity contribution in [2.75, 3.05) is 17.7 Å². The summed E-state index contributed by atoms with van der Waals surface area (Å²) in [5.74, 6) is 1.67. The largest absolute Gasteiger partial charge is 0.494 e. The number of aryl methyl sites for hydroxylation is 1. The van der Waals surface area contributed by atoms with Crippen LogP contribution in [0.5, 0.6) is 5.75 Å². The minimum atomic E-state index is 0.703. The molecular formula is C15H19N3O. The van der Waals surface area contributed by atoms with E-state index in [1.54, 1.807) is 0 Å². The maximum atomic E-state index is 5.74. The van der Waals surface area contributed by atoms with Gasteiger partial charge in [0.15, 0.2) is 0 Å². The van der Waals surface area contributed by atoms with E-state index >= 15 is 0 Å². The Hall–Kier alpha value is -2.23. The lowest BCUT2D eigenvalue weighted by atomic mass is 10.3. The van der Waals surface area contributed by atoms with Gasteiger partial charge in [0.2, 0.25) is 0 Å². The predicted octanol–water partition coefficient (Wildman–Crippen LogP) is 3.50. The molecule has 0 saturated heterocycles. The van der Waals surface area contributed by atoms with E-state index in [0.29, 0.717) is 5.69 Å². The van der Waals surface area contributed by atoms with Crippen LogP contribution in [0.4, 0.5) is 17.2 Å². The molecule has 0 saturated carbocycles. The molecule has 19 heavy (non-hydrogen) atoms. The molecule has 0 aliphatic heterocycles. The Morgan fingerprint density at radius 2 is 1.89 bits per heavy atom. The Kier molecular flexibility index (Phi) is 4.23. The summed E-state index contributed by atoms with van der Waals surface area (Å²) in [7, 11) is 0. The van der Waals surface area contributed by atoms with Crippen molar-refractivity contribution in [3.63, 3.8) is 0 Å². The fraction of sp³-hybridized carbons (Fsp3) is 0.267. The summed E-state index contributed by atoms with van der Waals surface area (Å²) < 4.78 is 5.54. The Balaban J connectivity index is 2.04. The topological polar surface area (TPSA) is 60.2 Å². The summed E-state index contributed by atoms with van der Waals surface area (Å²) in [5.41, 5.74) is 8.24. The molecule has 0 aliphatic rings. The van der Waals surface area contributed by atoms with Gasteiger partial charge in [-0.05, 0) is 49.7 Å². The third-order valence-corrected chi connectivity index (χ3v) is 2.73. The van der Waals surface area contributed by atoms with Gasteiger partial charge in [-0.1, -0.05) is 6.92 Å². The number of nitrogens with two attached hydrogens (primary N) is 1. The van der Waals surface area contributed by atoms with Crippen LogP contribution in [-0.2, 0) is 0 Å². The van der Waals surface area contributed by atoms with Crippen molar-refractivity contribution < 1.29 is 4.74 Å². The number of nitrogens with one attached hydrogen (secondary N) is 1. The Bertz CT molecular complexity index is 538. The maximum absolute atomic E-state index is 5.74. The molecule has 1 heterocycles. The second kappa shape index (κ2) is 6.09. The van der Waals surface area contributed by atoms with Crippen molar-refractivity contribution >= 4 is 17.2 Å². The lowest BCUT2D eigenvalue weighted by Crippen LogP contribution is -1.98. The van der Waals surface area contributed by atoms with Gasteiger partial charge >= 0.3 is 0 Å². The Morgan fingerprint density at radius 1 is 1.16 bits per heavy atom. The van der Waals surface area contributed by atoms with Crippen molar-refractivity contribution in [2.24, 2.45) is 0 Å². The van der Waals surface area contributed by atoms with E-state index in [2.05, 4.69) is 17.2 Å². The molecule has 4 heteroatoms. The molecule has 100 valence electrons. The number of nitrogen functional groups attached to an aromatic ring is 1. The molecule has 2 rings (SSSR count). The zero-order valence-corrected chi connectivity index (χ0v) is 11.3. The summed E-state index contributed by atoms with van der Waals surface area (Å²) >= 11 is 0. The molecule has 0 atom stereocenters. The highest BCUT2D eigenvalue weighted by molar-refractivity contribution is 5.59. The number of ether oxygens (including phenoxy) is 1. The SMILES string of the molecule is CCCOc1ccc(Nc2ccc(N)c(C)n2)cc1. The quantitative estimate of drug-likeness (QED) is 0.860. The van der Waals surface area contributed by atoms with Crippen LogP contribution in [0.2, 0.25) is 0 Å². The molecule has 1 aromatic carbocycles. The van der Waals surface area contributed by atoms with E-state index < -0.39 is 0 Å². The van der Waals surface area contributed by atoms with Crippen LogP contribution >= 0.6 is 0 Å². The van der Waals surface area contributed by atoms with Crippen molar-refractivity contribution in [1.29, 1.82) is 0 Å². The normalized spacial score (nSPS) is 10.2. The third-order valence-electron chi connectivity index (χ3n) is 2.73. The van der Waals surface area contributed by atoms with Gasteiger partial charge in [0.05, 0.1) is 18.0 Å². The number of hydrogen-bond donors (Lipinski definition) is 2. The molecule has 0 radical (unpaired) electrons. The average Bonchev–Trinajstić information content (AvgIpc) is 2.42. The van der Waals surface area contributed by atoms with Gasteiger partial charge in [0.25, 0.3) is 0 Å². The standard InChI is InChI=1S/C15H19N3O/c1-3-10-19-13-6-4-12(5-7-13)18-15-9-8-14(16)11(2)17-15/h4-9H,3,10,16H2,1-2H3,(H,17,18). The molecule has 0 amide bonds. The van der Waals surface area contributed by atoms with Gasteiger partial charge in [-0.15, -0.1) is 0 Å². The first-order chi connectivity index (χ1) is 9.19. The van der Waals surface area contributed by atoms with Crippen molar-refractivity contribution in [1.82, 2.24) is 4.98 Å². The van der Waals surface area contributed by atoms with E-state index in [4.69, 9.17) is 10.5 Å². The fourth-order valence-electron chi connectivity index (χ4n) is 1.64. The van der Waals surface area contributed by atoms with E-state index in [0.717, 1.165) is 36.0 Å². The van der Waals surface area contributed by atoms with E-state index in [1.807, 2.05) is 43.3 Å². The van der Waals surface area contributed by atoms with Crippen LogP contribution in [0.3, 0.4) is 0 Å². The van der Waals surface area contributed by atoms with E-state index in [-0.39, 0.29) is 0 Å². The van der Waals surface area contributed by atoms with Crippen LogP contribution in [-0.4, -0.2) is 11.6 Å². The van der Waals surface area contributed by atoms with Crippen LogP contribution in [0.25, 0.3) is 0 Å². The highest BCUT2D eigenvalue weighted by Crippen LogP contribution is 2.20. The number of nitrogens with zero attached hydrogens (tertiary/aromatic N) is 1. The predicted molar refractivity (Wildman–Crippen MR) is 78.9 cm³/mol. The highest BCUT2D eigenvalue weighted by Gasteiger charge is 2.00. The fourth-order valence-corrected chi connectivity index (χ4v) is 1.64. The summed E-state index contributed by atoms with van der Waals surface area (Å²) in [6.07, 6.45) is 1.01. The molecule has 0 aliphatic carbocycles. The average molecular weight is 257 g/mol. The first kappa shape index (κ1) is 13.2. The Morgan fingerprint density at radius 3 is 2.53 bits per heavy atom. The summed E-state index contributed by atoms with van der Waals surface area (Å²) in [6.45, 7) is 4.72. The molecule has 0 fully saturated rings. The first-order valence-electron chi connectivity index (χ1n) is 6.42. The number of benzene rings is 1. The molecule has 1 aromatic heterocycles. The summed E-state index contributed by atoms with van der Waals surface area (Å²) in [5, 5.41) is 3.23. The minimum Gasteiger partial charge on any atom is -0.494 e. The van der Waals surface area contributed by atoms with Gasteiger partial charge in [-0.25, -0.2) is 4.98 Å². The lowest BCUT2D eigenvalue weighted by Gasteiger charge is -2.09. The van der Waals surface area contributed by atoms with Crippen molar-refractivity contribution in [3.8, 4) is 5.75 Å². The molecular weight excluding hydrogens is 238 g/mol. The lowest BCUT2D eigenvalue weighted by molar-refractivity contribution is 0.317. The second-order valence-corrected chi connectivity index (χ2v) is 4.37. The van der Waals surface area contributed by atoms with Crippen LogP contribution in [0, 0.1) is 6.92 Å². The van der Waals surface area contributed by atoms with E-state index in [1.165, 1.54) is 0 Å². The molecule has 3 N–H and O–H groups in total. The molecule has 0 bridgehead atoms. The molecule has 2 aromatic rings. The van der Waals surface area contributed by atoms with Crippen molar-refractivity contribution in [2.45, 2.75) is 20.3 Å². The van der Waals surface area contributed by atoms with Crippen LogP contribution in [0.15, 0.2) is 36.4 Å². The highest BCUT2D eigenvalue weighted by atomic mass is 16.5. The van der Waals surface area contributed by atoms with Crippen LogP contribution < -0.4 is 15.8 Å². The minimum absolute atomic E-state index is 0.703.